The number of methoxy groups -OCH3 is 1. The molecule has 1 saturated carbocycles. The fourth-order valence-corrected chi connectivity index (χ4v) is 4.25. The van der Waals surface area contributed by atoms with Gasteiger partial charge in [0.1, 0.15) is 17.8 Å². The summed E-state index contributed by atoms with van der Waals surface area (Å²) in [6.07, 6.45) is 6.09. The second-order valence-corrected chi connectivity index (χ2v) is 8.32. The van der Waals surface area contributed by atoms with Gasteiger partial charge in [-0.05, 0) is 49.6 Å². The first-order valence-corrected chi connectivity index (χ1v) is 11.2. The van der Waals surface area contributed by atoms with Crippen LogP contribution >= 0.6 is 0 Å². The number of nitrogens with one attached hydrogen (secondary N) is 2. The van der Waals surface area contributed by atoms with Crippen LogP contribution in [0, 0.1) is 6.92 Å². The average molecular weight is 460 g/mol. The lowest BCUT2D eigenvalue weighted by molar-refractivity contribution is 0.261. The van der Waals surface area contributed by atoms with E-state index >= 15 is 0 Å². The molecule has 0 unspecified atom stereocenters. The first kappa shape index (κ1) is 21.7. The number of fused-ring (bicyclic) bond motifs is 1. The summed E-state index contributed by atoms with van der Waals surface area (Å²) < 4.78 is 16.7. The summed E-state index contributed by atoms with van der Waals surface area (Å²) in [5, 5.41) is 10.3. The minimum Gasteiger partial charge on any atom is -0.496 e. The molecule has 2 N–H and O–H groups in total. The number of aryl methyl sites for hydroxylation is 1. The van der Waals surface area contributed by atoms with Crippen LogP contribution in [0.4, 0.5) is 16.4 Å². The molecule has 9 heteroatoms. The number of aromatic nitrogens is 3. The van der Waals surface area contributed by atoms with Crippen LogP contribution in [0.15, 0.2) is 53.3 Å². The third-order valence-electron chi connectivity index (χ3n) is 5.96. The monoisotopic (exact) mass is 459 g/mol. The highest BCUT2D eigenvalue weighted by atomic mass is 16.5. The maximum Gasteiger partial charge on any atom is 0.326 e. The molecule has 34 heavy (non-hydrogen) atoms. The molecule has 9 nitrogen and oxygen atoms in total. The molecule has 1 aliphatic carbocycles. The molecule has 0 aliphatic heterocycles. The molecule has 0 bridgehead atoms. The molecule has 0 atom stereocenters. The summed E-state index contributed by atoms with van der Waals surface area (Å²) in [7, 11) is 1.62. The Labute approximate surface area is 196 Å². The number of benzene rings is 2. The zero-order chi connectivity index (χ0) is 23.5. The highest BCUT2D eigenvalue weighted by Gasteiger charge is 2.21. The predicted octanol–water partition coefficient (Wildman–Crippen LogP) is 6.03. The van der Waals surface area contributed by atoms with E-state index in [9.17, 15) is 4.79 Å². The Morgan fingerprint density at radius 1 is 1.09 bits per heavy atom. The Morgan fingerprint density at radius 3 is 2.76 bits per heavy atom. The normalized spacial score (nSPS) is 13.7. The van der Waals surface area contributed by atoms with E-state index in [1.54, 1.807) is 37.4 Å². The number of ether oxygens (including phenoxy) is 2. The Balaban J connectivity index is 1.28. The Kier molecular flexibility index (Phi) is 5.99. The van der Waals surface area contributed by atoms with Gasteiger partial charge in [0.15, 0.2) is 0 Å². The highest BCUT2D eigenvalue weighted by Crippen LogP contribution is 2.35. The minimum atomic E-state index is -0.432. The van der Waals surface area contributed by atoms with Crippen molar-refractivity contribution in [3.8, 4) is 17.4 Å². The largest absolute Gasteiger partial charge is 0.496 e. The van der Waals surface area contributed by atoms with Crippen LogP contribution in [-0.2, 0) is 0 Å². The van der Waals surface area contributed by atoms with Crippen molar-refractivity contribution in [2.75, 3.05) is 17.7 Å². The summed E-state index contributed by atoms with van der Waals surface area (Å²) in [5.41, 5.74) is 3.17. The number of anilines is 2. The molecule has 0 saturated heterocycles. The van der Waals surface area contributed by atoms with Gasteiger partial charge in [-0.2, -0.15) is 0 Å². The van der Waals surface area contributed by atoms with Crippen LogP contribution in [-0.4, -0.2) is 28.3 Å². The lowest BCUT2D eigenvalue weighted by Crippen LogP contribution is -2.19. The maximum absolute atomic E-state index is 12.5. The van der Waals surface area contributed by atoms with Gasteiger partial charge in [0.25, 0.3) is 0 Å². The number of urea groups is 1. The van der Waals surface area contributed by atoms with Gasteiger partial charge in [0, 0.05) is 23.7 Å². The van der Waals surface area contributed by atoms with E-state index in [0.717, 1.165) is 40.8 Å². The zero-order valence-corrected chi connectivity index (χ0v) is 19.0. The average Bonchev–Trinajstić information content (AvgIpc) is 3.51. The Hall–Kier alpha value is -4.14. The molecule has 4 aromatic rings. The zero-order valence-electron chi connectivity index (χ0n) is 19.0. The van der Waals surface area contributed by atoms with Crippen molar-refractivity contribution in [2.24, 2.45) is 0 Å². The molecular weight excluding hydrogens is 434 g/mol. The number of carbonyl (C=O) groups excluding carboxylic acids is 1. The molecule has 2 aromatic heterocycles. The van der Waals surface area contributed by atoms with Gasteiger partial charge in [-0.1, -0.05) is 24.1 Å². The van der Waals surface area contributed by atoms with Gasteiger partial charge < -0.3 is 19.3 Å². The van der Waals surface area contributed by atoms with E-state index < -0.39 is 6.03 Å². The number of rotatable bonds is 6. The summed E-state index contributed by atoms with van der Waals surface area (Å²) in [6.45, 7) is 1.95. The molecule has 2 aromatic carbocycles. The Morgan fingerprint density at radius 2 is 1.94 bits per heavy atom. The third-order valence-corrected chi connectivity index (χ3v) is 5.96. The van der Waals surface area contributed by atoms with Crippen molar-refractivity contribution in [2.45, 2.75) is 38.5 Å². The number of carbonyl (C=O) groups is 1. The first-order chi connectivity index (χ1) is 16.6. The van der Waals surface area contributed by atoms with Crippen molar-refractivity contribution in [1.29, 1.82) is 0 Å². The molecule has 0 spiro atoms. The SMILES string of the molecule is COc1cc2c(Oc3cccc(NC(=O)Nc4cc(C5CCCC5)no4)c3)ncnc2cc1C. The van der Waals surface area contributed by atoms with Crippen LogP contribution in [0.5, 0.6) is 17.4 Å². The molecule has 5 rings (SSSR count). The van der Waals surface area contributed by atoms with Crippen LogP contribution in [0.1, 0.15) is 42.9 Å². The summed E-state index contributed by atoms with van der Waals surface area (Å²) in [6, 6.07) is 12.2. The van der Waals surface area contributed by atoms with Crippen molar-refractivity contribution in [3.63, 3.8) is 0 Å². The molecule has 174 valence electrons. The highest BCUT2D eigenvalue weighted by molar-refractivity contribution is 5.99. The standard InChI is InChI=1S/C25H25N5O4/c1-15-10-21-19(12-22(15)32-2)24(27-14-26-21)33-18-9-5-8-17(11-18)28-25(31)29-23-13-20(30-34-23)16-6-3-4-7-16/h5,8-14,16H,3-4,6-7H2,1-2H3,(H2,28,29,31). The molecular formula is C25H25N5O4. The summed E-state index contributed by atoms with van der Waals surface area (Å²) in [5.74, 6) is 2.37. The van der Waals surface area contributed by atoms with Crippen LogP contribution in [0.2, 0.25) is 0 Å². The molecule has 2 amide bonds. The molecule has 0 radical (unpaired) electrons. The lowest BCUT2D eigenvalue weighted by Gasteiger charge is -2.11. The second-order valence-electron chi connectivity index (χ2n) is 8.32. The maximum atomic E-state index is 12.5. The third kappa shape index (κ3) is 4.63. The van der Waals surface area contributed by atoms with Crippen LogP contribution in [0.25, 0.3) is 10.9 Å². The van der Waals surface area contributed by atoms with E-state index in [4.69, 9.17) is 14.0 Å². The summed E-state index contributed by atoms with van der Waals surface area (Å²) in [4.78, 5) is 21.1. The first-order valence-electron chi connectivity index (χ1n) is 11.2. The quantitative estimate of drug-likeness (QED) is 0.362. The summed E-state index contributed by atoms with van der Waals surface area (Å²) >= 11 is 0. The number of hydrogen-bond acceptors (Lipinski definition) is 7. The smallest absolute Gasteiger partial charge is 0.326 e. The fourth-order valence-electron chi connectivity index (χ4n) is 4.25. The van der Waals surface area contributed by atoms with E-state index in [1.807, 2.05) is 19.1 Å². The molecule has 1 aliphatic rings. The number of hydrogen-bond donors (Lipinski definition) is 2. The van der Waals surface area contributed by atoms with Crippen molar-refractivity contribution < 1.29 is 18.8 Å². The van der Waals surface area contributed by atoms with Gasteiger partial charge in [-0.15, -0.1) is 0 Å². The predicted molar refractivity (Wildman–Crippen MR) is 128 cm³/mol. The topological polar surface area (TPSA) is 111 Å². The van der Waals surface area contributed by atoms with Crippen LogP contribution in [0.3, 0.4) is 0 Å². The lowest BCUT2D eigenvalue weighted by atomic mass is 10.0. The van der Waals surface area contributed by atoms with E-state index in [-0.39, 0.29) is 0 Å². The molecule has 1 fully saturated rings. The van der Waals surface area contributed by atoms with Crippen molar-refractivity contribution >= 4 is 28.5 Å². The van der Waals surface area contributed by atoms with E-state index in [2.05, 4.69) is 25.8 Å². The Bertz CT molecular complexity index is 1330. The van der Waals surface area contributed by atoms with Crippen LogP contribution < -0.4 is 20.1 Å². The van der Waals surface area contributed by atoms with Gasteiger partial charge in [0.2, 0.25) is 11.8 Å². The number of amides is 2. The van der Waals surface area contributed by atoms with E-state index in [0.29, 0.717) is 29.1 Å². The van der Waals surface area contributed by atoms with Gasteiger partial charge in [0.05, 0.1) is 23.7 Å². The second kappa shape index (κ2) is 9.38. The van der Waals surface area contributed by atoms with Crippen molar-refractivity contribution in [3.05, 3.63) is 60.0 Å². The van der Waals surface area contributed by atoms with E-state index in [1.165, 1.54) is 19.2 Å². The van der Waals surface area contributed by atoms with Crippen molar-refractivity contribution in [1.82, 2.24) is 15.1 Å². The number of nitrogens with zero attached hydrogens (tertiary/aromatic N) is 3. The van der Waals surface area contributed by atoms with Gasteiger partial charge in [-0.3, -0.25) is 5.32 Å². The minimum absolute atomic E-state index is 0.323. The van der Waals surface area contributed by atoms with Gasteiger partial charge in [-0.25, -0.2) is 14.8 Å². The fraction of sp³-hybridized carbons (Fsp3) is 0.280. The van der Waals surface area contributed by atoms with Gasteiger partial charge >= 0.3 is 6.03 Å². The molecule has 2 heterocycles.